The Hall–Kier alpha value is -2.86. The highest BCUT2D eigenvalue weighted by molar-refractivity contribution is 7.98. The number of benzene rings is 2. The molecule has 148 valence electrons. The lowest BCUT2D eigenvalue weighted by Crippen LogP contribution is -2.24. The fourth-order valence-corrected chi connectivity index (χ4v) is 4.08. The Labute approximate surface area is 173 Å². The highest BCUT2D eigenvalue weighted by atomic mass is 32.2. The molecule has 0 N–H and O–H groups in total. The number of nitrogens with zero attached hydrogens (tertiary/aromatic N) is 2. The second-order valence-corrected chi connectivity index (χ2v) is 7.91. The van der Waals surface area contributed by atoms with Gasteiger partial charge in [-0.25, -0.2) is 9.18 Å². The second kappa shape index (κ2) is 8.66. The summed E-state index contributed by atoms with van der Waals surface area (Å²) in [6.07, 6.45) is 3.77. The van der Waals surface area contributed by atoms with Crippen LogP contribution < -0.4 is 4.90 Å². The van der Waals surface area contributed by atoms with E-state index in [0.29, 0.717) is 17.8 Å². The van der Waals surface area contributed by atoms with E-state index in [1.54, 1.807) is 36.3 Å². The third-order valence-corrected chi connectivity index (χ3v) is 6.00. The fourth-order valence-electron chi connectivity index (χ4n) is 3.23. The SMILES string of the molecule is CC[C@H]1CN(c2ccc(-c3ccc(SCc4ccncc4)cc3)c(F)c2)C(=O)O1. The summed E-state index contributed by atoms with van der Waals surface area (Å²) < 4.78 is 20.0. The number of anilines is 1. The number of amides is 1. The molecule has 6 heteroatoms. The molecule has 0 unspecified atom stereocenters. The lowest BCUT2D eigenvalue weighted by atomic mass is 10.0. The van der Waals surface area contributed by atoms with Gasteiger partial charge < -0.3 is 4.74 Å². The lowest BCUT2D eigenvalue weighted by Gasteiger charge is -2.14. The maximum absolute atomic E-state index is 14.8. The van der Waals surface area contributed by atoms with Gasteiger partial charge in [-0.05, 0) is 60.0 Å². The van der Waals surface area contributed by atoms with Crippen LogP contribution in [0.3, 0.4) is 0 Å². The molecule has 1 aliphatic heterocycles. The summed E-state index contributed by atoms with van der Waals surface area (Å²) >= 11 is 1.72. The van der Waals surface area contributed by atoms with Gasteiger partial charge in [-0.2, -0.15) is 0 Å². The number of carbonyl (C=O) groups excluding carboxylic acids is 1. The molecule has 1 atom stereocenters. The molecule has 1 fully saturated rings. The van der Waals surface area contributed by atoms with E-state index in [2.05, 4.69) is 4.98 Å². The van der Waals surface area contributed by atoms with Gasteiger partial charge in [-0.3, -0.25) is 9.88 Å². The van der Waals surface area contributed by atoms with Crippen molar-refractivity contribution in [3.63, 3.8) is 0 Å². The highest BCUT2D eigenvalue weighted by Gasteiger charge is 2.31. The van der Waals surface area contributed by atoms with Crippen LogP contribution in [0.5, 0.6) is 0 Å². The van der Waals surface area contributed by atoms with Crippen LogP contribution in [0.15, 0.2) is 71.9 Å². The van der Waals surface area contributed by atoms with Crippen LogP contribution in [0, 0.1) is 5.82 Å². The first-order valence-electron chi connectivity index (χ1n) is 9.54. The molecule has 4 nitrogen and oxygen atoms in total. The first kappa shape index (κ1) is 19.5. The number of hydrogen-bond donors (Lipinski definition) is 0. The van der Waals surface area contributed by atoms with Crippen molar-refractivity contribution >= 4 is 23.5 Å². The molecule has 4 rings (SSSR count). The Morgan fingerprint density at radius 2 is 1.90 bits per heavy atom. The van der Waals surface area contributed by atoms with Gasteiger partial charge in [0.25, 0.3) is 0 Å². The Kier molecular flexibility index (Phi) is 5.81. The summed E-state index contributed by atoms with van der Waals surface area (Å²) in [6, 6.07) is 16.7. The maximum Gasteiger partial charge on any atom is 0.414 e. The van der Waals surface area contributed by atoms with E-state index in [-0.39, 0.29) is 11.9 Å². The van der Waals surface area contributed by atoms with E-state index >= 15 is 0 Å². The standard InChI is InChI=1S/C23H21FN2O2S/c1-2-19-14-26(23(27)28-19)18-5-8-21(22(24)13-18)17-3-6-20(7-4-17)29-15-16-9-11-25-12-10-16/h3-13,19H,2,14-15H2,1H3/t19-/m0/s1. The average molecular weight is 408 g/mol. The van der Waals surface area contributed by atoms with Gasteiger partial charge in [0.1, 0.15) is 11.9 Å². The fraction of sp³-hybridized carbons (Fsp3) is 0.217. The van der Waals surface area contributed by atoms with Crippen molar-refractivity contribution in [2.45, 2.75) is 30.1 Å². The number of hydrogen-bond acceptors (Lipinski definition) is 4. The molecule has 29 heavy (non-hydrogen) atoms. The van der Waals surface area contributed by atoms with Crippen molar-refractivity contribution < 1.29 is 13.9 Å². The molecule has 3 aromatic rings. The summed E-state index contributed by atoms with van der Waals surface area (Å²) in [5, 5.41) is 0. The molecule has 2 heterocycles. The van der Waals surface area contributed by atoms with Gasteiger partial charge in [-0.1, -0.05) is 19.1 Å². The van der Waals surface area contributed by atoms with Crippen molar-refractivity contribution in [3.8, 4) is 11.1 Å². The number of cyclic esters (lactones) is 1. The molecule has 1 aliphatic rings. The number of ether oxygens (including phenoxy) is 1. The number of halogens is 1. The molecule has 1 aromatic heterocycles. The summed E-state index contributed by atoms with van der Waals surface area (Å²) in [5.74, 6) is 0.503. The number of thioether (sulfide) groups is 1. The van der Waals surface area contributed by atoms with Crippen LogP contribution in [0.1, 0.15) is 18.9 Å². The normalized spacial score (nSPS) is 16.1. The highest BCUT2D eigenvalue weighted by Crippen LogP contribution is 2.31. The Bertz CT molecular complexity index is 996. The van der Waals surface area contributed by atoms with E-state index in [9.17, 15) is 9.18 Å². The molecule has 1 saturated heterocycles. The summed E-state index contributed by atoms with van der Waals surface area (Å²) in [5.41, 5.74) is 3.05. The predicted octanol–water partition coefficient (Wildman–Crippen LogP) is 5.92. The van der Waals surface area contributed by atoms with Crippen molar-refractivity contribution in [3.05, 3.63) is 78.4 Å². The number of carbonyl (C=O) groups is 1. The number of aromatic nitrogens is 1. The minimum Gasteiger partial charge on any atom is -0.444 e. The number of rotatable bonds is 6. The first-order valence-corrected chi connectivity index (χ1v) is 10.5. The quantitative estimate of drug-likeness (QED) is 0.475. The zero-order valence-electron chi connectivity index (χ0n) is 16.0. The second-order valence-electron chi connectivity index (χ2n) is 6.86. The van der Waals surface area contributed by atoms with E-state index < -0.39 is 6.09 Å². The van der Waals surface area contributed by atoms with Crippen molar-refractivity contribution in [1.82, 2.24) is 4.98 Å². The van der Waals surface area contributed by atoms with Gasteiger partial charge >= 0.3 is 6.09 Å². The molecule has 1 amide bonds. The van der Waals surface area contributed by atoms with Crippen LogP contribution in [-0.4, -0.2) is 23.7 Å². The molecular formula is C23H21FN2O2S. The molecule has 0 bridgehead atoms. The van der Waals surface area contributed by atoms with Crippen LogP contribution in [-0.2, 0) is 10.5 Å². The topological polar surface area (TPSA) is 42.4 Å². The van der Waals surface area contributed by atoms with Crippen LogP contribution in [0.2, 0.25) is 0 Å². The molecule has 0 aliphatic carbocycles. The first-order chi connectivity index (χ1) is 14.1. The predicted molar refractivity (Wildman–Crippen MR) is 114 cm³/mol. The maximum atomic E-state index is 14.8. The molecular weight excluding hydrogens is 387 g/mol. The van der Waals surface area contributed by atoms with E-state index in [4.69, 9.17) is 4.74 Å². The van der Waals surface area contributed by atoms with E-state index in [1.807, 2.05) is 43.3 Å². The van der Waals surface area contributed by atoms with Gasteiger partial charge in [0.05, 0.1) is 12.2 Å². The Balaban J connectivity index is 1.46. The molecule has 0 radical (unpaired) electrons. The van der Waals surface area contributed by atoms with Crippen LogP contribution >= 0.6 is 11.8 Å². The Morgan fingerprint density at radius 1 is 1.14 bits per heavy atom. The minimum atomic E-state index is -0.417. The van der Waals surface area contributed by atoms with Gasteiger partial charge in [0, 0.05) is 28.6 Å². The lowest BCUT2D eigenvalue weighted by molar-refractivity contribution is 0.139. The van der Waals surface area contributed by atoms with Crippen molar-refractivity contribution in [1.29, 1.82) is 0 Å². The van der Waals surface area contributed by atoms with E-state index in [0.717, 1.165) is 22.6 Å². The molecule has 0 spiro atoms. The number of pyridine rings is 1. The molecule has 2 aromatic carbocycles. The van der Waals surface area contributed by atoms with Gasteiger partial charge in [-0.15, -0.1) is 11.8 Å². The zero-order valence-corrected chi connectivity index (χ0v) is 16.9. The third kappa shape index (κ3) is 4.43. The average Bonchev–Trinajstić information content (AvgIpc) is 3.14. The monoisotopic (exact) mass is 408 g/mol. The van der Waals surface area contributed by atoms with Crippen LogP contribution in [0.25, 0.3) is 11.1 Å². The van der Waals surface area contributed by atoms with E-state index in [1.165, 1.54) is 16.5 Å². The van der Waals surface area contributed by atoms with Crippen LogP contribution in [0.4, 0.5) is 14.9 Å². The smallest absolute Gasteiger partial charge is 0.414 e. The zero-order chi connectivity index (χ0) is 20.2. The summed E-state index contributed by atoms with van der Waals surface area (Å²) in [4.78, 5) is 18.6. The van der Waals surface area contributed by atoms with Crippen molar-refractivity contribution in [2.75, 3.05) is 11.4 Å². The summed E-state index contributed by atoms with van der Waals surface area (Å²) in [6.45, 7) is 2.42. The minimum absolute atomic E-state index is 0.137. The van der Waals surface area contributed by atoms with Crippen molar-refractivity contribution in [2.24, 2.45) is 0 Å². The largest absolute Gasteiger partial charge is 0.444 e. The van der Waals surface area contributed by atoms with Gasteiger partial charge in [0.2, 0.25) is 0 Å². The van der Waals surface area contributed by atoms with Gasteiger partial charge in [0.15, 0.2) is 0 Å². The summed E-state index contributed by atoms with van der Waals surface area (Å²) in [7, 11) is 0. The third-order valence-electron chi connectivity index (χ3n) is 4.91. The molecule has 0 saturated carbocycles. The Morgan fingerprint density at radius 3 is 2.55 bits per heavy atom.